The molecule has 1 saturated carbocycles. The first kappa shape index (κ1) is 14.0. The molecule has 104 valence electrons. The number of carbonyl (C=O) groups is 2. The topological polar surface area (TPSA) is 93.4 Å². The minimum Gasteiger partial charge on any atom is -0.480 e. The third-order valence-electron chi connectivity index (χ3n) is 3.07. The molecule has 6 nitrogen and oxygen atoms in total. The second kappa shape index (κ2) is 6.17. The Balaban J connectivity index is 1.97. The molecular formula is C14H15N3O3. The molecule has 1 fully saturated rings. The zero-order valence-corrected chi connectivity index (χ0v) is 10.9. The molecule has 1 aliphatic carbocycles. The Kier molecular flexibility index (Phi) is 4.33. The maximum absolute atomic E-state index is 11.9. The molecule has 1 aliphatic rings. The Morgan fingerprint density at radius 2 is 2.05 bits per heavy atom. The van der Waals surface area contributed by atoms with E-state index in [2.05, 4.69) is 5.32 Å². The number of carboxylic acids is 1. The van der Waals surface area contributed by atoms with Crippen molar-refractivity contribution in [2.45, 2.75) is 18.9 Å². The van der Waals surface area contributed by atoms with Crippen molar-refractivity contribution < 1.29 is 14.7 Å². The van der Waals surface area contributed by atoms with Crippen LogP contribution in [0.3, 0.4) is 0 Å². The SMILES string of the molecule is N#Cc1ccccc1NC(=O)CN(CC(=O)O)C1CC1. The lowest BCUT2D eigenvalue weighted by Crippen LogP contribution is -2.38. The lowest BCUT2D eigenvalue weighted by atomic mass is 10.2. The van der Waals surface area contributed by atoms with Crippen LogP contribution >= 0.6 is 0 Å². The van der Waals surface area contributed by atoms with Crippen molar-refractivity contribution in [3.05, 3.63) is 29.8 Å². The van der Waals surface area contributed by atoms with Crippen molar-refractivity contribution in [1.29, 1.82) is 5.26 Å². The molecule has 2 rings (SSSR count). The Hall–Kier alpha value is -2.39. The highest BCUT2D eigenvalue weighted by molar-refractivity contribution is 5.93. The van der Waals surface area contributed by atoms with Crippen LogP contribution in [0, 0.1) is 11.3 Å². The third-order valence-corrected chi connectivity index (χ3v) is 3.07. The van der Waals surface area contributed by atoms with Crippen LogP contribution in [-0.4, -0.2) is 41.0 Å². The summed E-state index contributed by atoms with van der Waals surface area (Å²) in [4.78, 5) is 24.4. The summed E-state index contributed by atoms with van der Waals surface area (Å²) in [6.07, 6.45) is 1.85. The van der Waals surface area contributed by atoms with Crippen molar-refractivity contribution in [3.63, 3.8) is 0 Å². The molecule has 1 amide bonds. The molecule has 1 aromatic rings. The fraction of sp³-hybridized carbons (Fsp3) is 0.357. The summed E-state index contributed by atoms with van der Waals surface area (Å²) in [6, 6.07) is 8.89. The van der Waals surface area contributed by atoms with Gasteiger partial charge in [0.1, 0.15) is 6.07 Å². The Bertz CT molecular complexity index is 561. The van der Waals surface area contributed by atoms with Crippen LogP contribution in [0.1, 0.15) is 18.4 Å². The van der Waals surface area contributed by atoms with Crippen LogP contribution in [0.4, 0.5) is 5.69 Å². The van der Waals surface area contributed by atoms with Gasteiger partial charge in [-0.25, -0.2) is 0 Å². The summed E-state index contributed by atoms with van der Waals surface area (Å²) in [5, 5.41) is 20.4. The van der Waals surface area contributed by atoms with Gasteiger partial charge in [0, 0.05) is 6.04 Å². The van der Waals surface area contributed by atoms with Crippen LogP contribution in [0.25, 0.3) is 0 Å². The number of aliphatic carboxylic acids is 1. The minimum atomic E-state index is -0.942. The van der Waals surface area contributed by atoms with Crippen LogP contribution in [0.15, 0.2) is 24.3 Å². The van der Waals surface area contributed by atoms with Crippen molar-refractivity contribution in [2.24, 2.45) is 0 Å². The second-order valence-electron chi connectivity index (χ2n) is 4.74. The fourth-order valence-electron chi connectivity index (χ4n) is 1.99. The van der Waals surface area contributed by atoms with E-state index in [-0.39, 0.29) is 25.0 Å². The van der Waals surface area contributed by atoms with E-state index in [1.807, 2.05) is 6.07 Å². The number of anilines is 1. The van der Waals surface area contributed by atoms with Gasteiger partial charge >= 0.3 is 5.97 Å². The smallest absolute Gasteiger partial charge is 0.317 e. The molecule has 6 heteroatoms. The summed E-state index contributed by atoms with van der Waals surface area (Å²) < 4.78 is 0. The number of para-hydroxylation sites is 1. The van der Waals surface area contributed by atoms with Gasteiger partial charge in [-0.15, -0.1) is 0 Å². The first-order valence-corrected chi connectivity index (χ1v) is 6.35. The largest absolute Gasteiger partial charge is 0.480 e. The van der Waals surface area contributed by atoms with E-state index in [0.717, 1.165) is 12.8 Å². The minimum absolute atomic E-state index is 0.0245. The highest BCUT2D eigenvalue weighted by atomic mass is 16.4. The van der Waals surface area contributed by atoms with E-state index in [9.17, 15) is 9.59 Å². The molecule has 20 heavy (non-hydrogen) atoms. The maximum atomic E-state index is 11.9. The van der Waals surface area contributed by atoms with E-state index in [4.69, 9.17) is 10.4 Å². The normalized spacial score (nSPS) is 13.8. The van der Waals surface area contributed by atoms with E-state index < -0.39 is 5.97 Å². The highest BCUT2D eigenvalue weighted by Gasteiger charge is 2.31. The zero-order chi connectivity index (χ0) is 14.5. The van der Waals surface area contributed by atoms with E-state index in [1.54, 1.807) is 29.2 Å². The van der Waals surface area contributed by atoms with Crippen molar-refractivity contribution >= 4 is 17.6 Å². The molecule has 0 heterocycles. The van der Waals surface area contributed by atoms with Gasteiger partial charge < -0.3 is 10.4 Å². The van der Waals surface area contributed by atoms with Gasteiger partial charge in [0.15, 0.2) is 0 Å². The van der Waals surface area contributed by atoms with Gasteiger partial charge in [-0.1, -0.05) is 12.1 Å². The number of nitrogens with zero attached hydrogens (tertiary/aromatic N) is 2. The Morgan fingerprint density at radius 3 is 2.65 bits per heavy atom. The van der Waals surface area contributed by atoms with Gasteiger partial charge in [-0.3, -0.25) is 14.5 Å². The Morgan fingerprint density at radius 1 is 1.35 bits per heavy atom. The van der Waals surface area contributed by atoms with Crippen LogP contribution in [0.5, 0.6) is 0 Å². The number of carbonyl (C=O) groups excluding carboxylic acids is 1. The highest BCUT2D eigenvalue weighted by Crippen LogP contribution is 2.26. The molecular weight excluding hydrogens is 258 g/mol. The van der Waals surface area contributed by atoms with Gasteiger partial charge in [-0.05, 0) is 25.0 Å². The molecule has 0 atom stereocenters. The van der Waals surface area contributed by atoms with E-state index >= 15 is 0 Å². The predicted molar refractivity (Wildman–Crippen MR) is 72.0 cm³/mol. The van der Waals surface area contributed by atoms with E-state index in [0.29, 0.717) is 11.3 Å². The average molecular weight is 273 g/mol. The lowest BCUT2D eigenvalue weighted by molar-refractivity contribution is -0.138. The molecule has 0 bridgehead atoms. The number of nitriles is 1. The number of carboxylic acid groups (broad SMARTS) is 1. The maximum Gasteiger partial charge on any atom is 0.317 e. The lowest BCUT2D eigenvalue weighted by Gasteiger charge is -2.19. The summed E-state index contributed by atoms with van der Waals surface area (Å²) in [6.45, 7) is -0.116. The molecule has 0 unspecified atom stereocenters. The first-order chi connectivity index (χ1) is 9.60. The molecule has 0 saturated heterocycles. The summed E-state index contributed by atoms with van der Waals surface area (Å²) in [5.41, 5.74) is 0.836. The molecule has 0 spiro atoms. The Labute approximate surface area is 116 Å². The molecule has 0 aromatic heterocycles. The van der Waals surface area contributed by atoms with Crippen molar-refractivity contribution in [1.82, 2.24) is 4.90 Å². The van der Waals surface area contributed by atoms with Gasteiger partial charge in [-0.2, -0.15) is 5.26 Å². The number of benzene rings is 1. The number of nitrogens with one attached hydrogen (secondary N) is 1. The number of hydrogen-bond donors (Lipinski definition) is 2. The van der Waals surface area contributed by atoms with Crippen molar-refractivity contribution in [3.8, 4) is 6.07 Å². The molecule has 1 aromatic carbocycles. The van der Waals surface area contributed by atoms with Crippen LogP contribution < -0.4 is 5.32 Å². The average Bonchev–Trinajstić information content (AvgIpc) is 3.22. The summed E-state index contributed by atoms with van der Waals surface area (Å²) in [5.74, 6) is -1.25. The third kappa shape index (κ3) is 3.80. The fourth-order valence-corrected chi connectivity index (χ4v) is 1.99. The van der Waals surface area contributed by atoms with Crippen LogP contribution in [0.2, 0.25) is 0 Å². The number of amides is 1. The molecule has 2 N–H and O–H groups in total. The number of hydrogen-bond acceptors (Lipinski definition) is 4. The number of rotatable bonds is 6. The second-order valence-corrected chi connectivity index (χ2v) is 4.74. The molecule has 0 aliphatic heterocycles. The molecule has 0 radical (unpaired) electrons. The summed E-state index contributed by atoms with van der Waals surface area (Å²) in [7, 11) is 0. The monoisotopic (exact) mass is 273 g/mol. The van der Waals surface area contributed by atoms with Gasteiger partial charge in [0.25, 0.3) is 0 Å². The predicted octanol–water partition coefficient (Wildman–Crippen LogP) is 1.05. The van der Waals surface area contributed by atoms with Gasteiger partial charge in [0.05, 0.1) is 24.3 Å². The first-order valence-electron chi connectivity index (χ1n) is 6.35. The zero-order valence-electron chi connectivity index (χ0n) is 10.9. The van der Waals surface area contributed by atoms with Crippen molar-refractivity contribution in [2.75, 3.05) is 18.4 Å². The summed E-state index contributed by atoms with van der Waals surface area (Å²) >= 11 is 0. The standard InChI is InChI=1S/C14H15N3O3/c15-7-10-3-1-2-4-12(10)16-13(18)8-17(9-14(19)20)11-5-6-11/h1-4,11H,5-6,8-9H2,(H,16,18)(H,19,20). The van der Waals surface area contributed by atoms with Gasteiger partial charge in [0.2, 0.25) is 5.91 Å². The van der Waals surface area contributed by atoms with E-state index in [1.165, 1.54) is 0 Å². The van der Waals surface area contributed by atoms with Crippen LogP contribution in [-0.2, 0) is 9.59 Å². The quantitative estimate of drug-likeness (QED) is 0.808.